The maximum atomic E-state index is 11.5. The summed E-state index contributed by atoms with van der Waals surface area (Å²) in [6, 6.07) is 4.55. The molecule has 0 atom stereocenters. The van der Waals surface area contributed by atoms with Crippen LogP contribution in [0.15, 0.2) is 12.1 Å². The summed E-state index contributed by atoms with van der Waals surface area (Å²) in [5.74, 6) is -0.469. The van der Waals surface area contributed by atoms with Crippen molar-refractivity contribution in [2.45, 2.75) is 6.92 Å². The zero-order chi connectivity index (χ0) is 12.3. The van der Waals surface area contributed by atoms with Gasteiger partial charge in [0.2, 0.25) is 0 Å². The van der Waals surface area contributed by atoms with E-state index in [4.69, 9.17) is 5.26 Å². The minimum absolute atomic E-state index is 0.0381. The Morgan fingerprint density at radius 1 is 1.62 bits per heavy atom. The number of nitrogens with zero attached hydrogens (tertiary/aromatic N) is 2. The zero-order valence-electron chi connectivity index (χ0n) is 8.36. The molecule has 0 aliphatic carbocycles. The van der Waals surface area contributed by atoms with Gasteiger partial charge in [0.15, 0.2) is 5.78 Å². The van der Waals surface area contributed by atoms with Crippen molar-refractivity contribution in [1.82, 2.24) is 0 Å². The molecule has 0 aliphatic heterocycles. The Balaban J connectivity index is 3.59. The van der Waals surface area contributed by atoms with E-state index in [1.54, 1.807) is 13.0 Å². The van der Waals surface area contributed by atoms with Crippen molar-refractivity contribution in [3.63, 3.8) is 0 Å². The third-order valence-corrected chi connectivity index (χ3v) is 2.49. The number of nitriles is 1. The Kier molecular flexibility index (Phi) is 3.74. The molecule has 5 nitrogen and oxygen atoms in total. The SMILES string of the molecule is Cc1cc(C#N)c(C(=O)CBr)c([N+](=O)[O-])c1. The lowest BCUT2D eigenvalue weighted by atomic mass is 10.0. The van der Waals surface area contributed by atoms with Gasteiger partial charge in [0.05, 0.1) is 15.8 Å². The first-order valence-electron chi connectivity index (χ1n) is 4.29. The molecule has 0 heterocycles. The number of hydrogen-bond acceptors (Lipinski definition) is 4. The van der Waals surface area contributed by atoms with Crippen LogP contribution in [-0.2, 0) is 0 Å². The molecule has 0 unspecified atom stereocenters. The van der Waals surface area contributed by atoms with Gasteiger partial charge in [0, 0.05) is 6.07 Å². The van der Waals surface area contributed by atoms with Gasteiger partial charge in [-0.2, -0.15) is 5.26 Å². The lowest BCUT2D eigenvalue weighted by Crippen LogP contribution is -2.08. The van der Waals surface area contributed by atoms with Crippen LogP contribution in [0.25, 0.3) is 0 Å². The van der Waals surface area contributed by atoms with E-state index in [-0.39, 0.29) is 22.1 Å². The predicted molar refractivity (Wildman–Crippen MR) is 60.7 cm³/mol. The molecule has 6 heteroatoms. The fraction of sp³-hybridized carbons (Fsp3) is 0.200. The molecule has 1 aromatic carbocycles. The standard InChI is InChI=1S/C10H7BrN2O3/c1-6-2-7(5-12)10(9(14)4-11)8(3-6)13(15)16/h2-3H,4H2,1H3. The number of halogens is 1. The molecule has 0 N–H and O–H groups in total. The van der Waals surface area contributed by atoms with E-state index in [1.807, 2.05) is 0 Å². The first-order chi connectivity index (χ1) is 7.51. The van der Waals surface area contributed by atoms with Crippen LogP contribution in [0.3, 0.4) is 0 Å². The quantitative estimate of drug-likeness (QED) is 0.369. The summed E-state index contributed by atoms with van der Waals surface area (Å²) in [4.78, 5) is 21.7. The van der Waals surface area contributed by atoms with E-state index >= 15 is 0 Å². The molecule has 0 amide bonds. The van der Waals surface area contributed by atoms with Crippen LogP contribution in [0.5, 0.6) is 0 Å². The molecule has 0 saturated carbocycles. The number of hydrogen-bond donors (Lipinski definition) is 0. The van der Waals surface area contributed by atoms with Gasteiger partial charge in [-0.15, -0.1) is 0 Å². The van der Waals surface area contributed by atoms with Crippen LogP contribution in [-0.4, -0.2) is 16.0 Å². The summed E-state index contributed by atoms with van der Waals surface area (Å²) in [6.07, 6.45) is 0. The molecule has 82 valence electrons. The summed E-state index contributed by atoms with van der Waals surface area (Å²) in [6.45, 7) is 1.64. The van der Waals surface area contributed by atoms with E-state index in [1.165, 1.54) is 12.1 Å². The predicted octanol–water partition coefficient (Wildman–Crippen LogP) is 2.35. The van der Waals surface area contributed by atoms with Gasteiger partial charge >= 0.3 is 0 Å². The van der Waals surface area contributed by atoms with E-state index in [0.717, 1.165) is 0 Å². The Morgan fingerprint density at radius 2 is 2.25 bits per heavy atom. The third kappa shape index (κ3) is 2.25. The maximum absolute atomic E-state index is 11.5. The number of aryl methyl sites for hydroxylation is 1. The number of rotatable bonds is 3. The summed E-state index contributed by atoms with van der Waals surface area (Å²) < 4.78 is 0. The number of nitro benzene ring substituents is 1. The van der Waals surface area contributed by atoms with Crippen molar-refractivity contribution in [2.75, 3.05) is 5.33 Å². The third-order valence-electron chi connectivity index (χ3n) is 1.98. The largest absolute Gasteiger partial charge is 0.293 e. The van der Waals surface area contributed by atoms with Crippen LogP contribution in [0.2, 0.25) is 0 Å². The van der Waals surface area contributed by atoms with E-state index in [9.17, 15) is 14.9 Å². The van der Waals surface area contributed by atoms with Crippen molar-refractivity contribution in [1.29, 1.82) is 5.26 Å². The fourth-order valence-electron chi connectivity index (χ4n) is 1.36. The molecule has 1 rings (SSSR count). The molecule has 1 aromatic rings. The normalized spacial score (nSPS) is 9.56. The van der Waals surface area contributed by atoms with Crippen molar-refractivity contribution in [3.05, 3.63) is 38.9 Å². The monoisotopic (exact) mass is 282 g/mol. The topological polar surface area (TPSA) is 84.0 Å². The van der Waals surface area contributed by atoms with Crippen molar-refractivity contribution < 1.29 is 9.72 Å². The van der Waals surface area contributed by atoms with Gasteiger partial charge in [-0.05, 0) is 18.6 Å². The zero-order valence-corrected chi connectivity index (χ0v) is 9.94. The second kappa shape index (κ2) is 4.86. The molecule has 0 aromatic heterocycles. The van der Waals surface area contributed by atoms with Gasteiger partial charge in [-0.25, -0.2) is 0 Å². The molecule has 0 spiro atoms. The number of ketones is 1. The highest BCUT2D eigenvalue weighted by atomic mass is 79.9. The van der Waals surface area contributed by atoms with Gasteiger partial charge < -0.3 is 0 Å². The number of alkyl halides is 1. The Morgan fingerprint density at radius 3 is 2.69 bits per heavy atom. The average Bonchev–Trinajstić information content (AvgIpc) is 2.26. The smallest absolute Gasteiger partial charge is 0.281 e. The lowest BCUT2D eigenvalue weighted by Gasteiger charge is -2.03. The number of Topliss-reactive ketones (excluding diaryl/α,β-unsaturated/α-hetero) is 1. The first kappa shape index (κ1) is 12.3. The Hall–Kier alpha value is -1.74. The minimum Gasteiger partial charge on any atom is -0.293 e. The number of benzene rings is 1. The number of nitro groups is 1. The molecule has 16 heavy (non-hydrogen) atoms. The van der Waals surface area contributed by atoms with Gasteiger partial charge in [-0.1, -0.05) is 15.9 Å². The highest BCUT2D eigenvalue weighted by molar-refractivity contribution is 9.09. The van der Waals surface area contributed by atoms with Crippen LogP contribution in [0, 0.1) is 28.4 Å². The lowest BCUT2D eigenvalue weighted by molar-refractivity contribution is -0.385. The molecule has 0 saturated heterocycles. The minimum atomic E-state index is -0.649. The second-order valence-electron chi connectivity index (χ2n) is 3.13. The summed E-state index contributed by atoms with van der Waals surface area (Å²) in [7, 11) is 0. The molecular weight excluding hydrogens is 276 g/mol. The van der Waals surface area contributed by atoms with Crippen LogP contribution in [0.1, 0.15) is 21.5 Å². The molecule has 0 bridgehead atoms. The van der Waals surface area contributed by atoms with E-state index in [2.05, 4.69) is 15.9 Å². The maximum Gasteiger partial charge on any atom is 0.281 e. The van der Waals surface area contributed by atoms with Gasteiger partial charge in [-0.3, -0.25) is 14.9 Å². The fourth-order valence-corrected chi connectivity index (χ4v) is 1.64. The highest BCUT2D eigenvalue weighted by Crippen LogP contribution is 2.25. The molecule has 0 radical (unpaired) electrons. The number of carbonyl (C=O) groups is 1. The molecular formula is C10H7BrN2O3. The van der Waals surface area contributed by atoms with Crippen LogP contribution in [0.4, 0.5) is 5.69 Å². The van der Waals surface area contributed by atoms with Crippen LogP contribution < -0.4 is 0 Å². The summed E-state index contributed by atoms with van der Waals surface area (Å²) >= 11 is 2.94. The van der Waals surface area contributed by atoms with E-state index in [0.29, 0.717) is 5.56 Å². The highest BCUT2D eigenvalue weighted by Gasteiger charge is 2.23. The van der Waals surface area contributed by atoms with Crippen LogP contribution >= 0.6 is 15.9 Å². The molecule has 0 fully saturated rings. The average molecular weight is 283 g/mol. The summed E-state index contributed by atoms with van der Waals surface area (Å²) in [5, 5.41) is 19.6. The van der Waals surface area contributed by atoms with Crippen molar-refractivity contribution in [2.24, 2.45) is 0 Å². The Bertz CT molecular complexity index is 506. The van der Waals surface area contributed by atoms with Crippen molar-refractivity contribution >= 4 is 27.4 Å². The Labute approximate surface area is 100.0 Å². The van der Waals surface area contributed by atoms with Gasteiger partial charge in [0.1, 0.15) is 11.6 Å². The van der Waals surface area contributed by atoms with Crippen molar-refractivity contribution in [3.8, 4) is 6.07 Å². The first-order valence-corrected chi connectivity index (χ1v) is 5.41. The van der Waals surface area contributed by atoms with E-state index < -0.39 is 10.7 Å². The number of carbonyl (C=O) groups excluding carboxylic acids is 1. The molecule has 0 aliphatic rings. The van der Waals surface area contributed by atoms with Gasteiger partial charge in [0.25, 0.3) is 5.69 Å². The second-order valence-corrected chi connectivity index (χ2v) is 3.69. The summed E-state index contributed by atoms with van der Waals surface area (Å²) in [5.41, 5.74) is 0.168.